The van der Waals surface area contributed by atoms with E-state index in [2.05, 4.69) is 16.0 Å². The summed E-state index contributed by atoms with van der Waals surface area (Å²) in [6.07, 6.45) is 0. The monoisotopic (exact) mass is 419 g/mol. The first-order chi connectivity index (χ1) is 15.1. The maximum absolute atomic E-state index is 12.2. The van der Waals surface area contributed by atoms with Crippen molar-refractivity contribution in [1.29, 1.82) is 0 Å². The zero-order valence-corrected chi connectivity index (χ0v) is 17.3. The molecule has 0 saturated heterocycles. The van der Waals surface area contributed by atoms with Crippen LogP contribution in [-0.4, -0.2) is 38.6 Å². The van der Waals surface area contributed by atoms with Crippen LogP contribution in [0.25, 0.3) is 0 Å². The molecule has 0 saturated carbocycles. The smallest absolute Gasteiger partial charge is 0.251 e. The summed E-state index contributed by atoms with van der Waals surface area (Å²) >= 11 is 0. The maximum Gasteiger partial charge on any atom is 0.251 e. The summed E-state index contributed by atoms with van der Waals surface area (Å²) in [6, 6.07) is 23.6. The Morgan fingerprint density at radius 1 is 0.774 bits per heavy atom. The molecule has 3 rings (SSSR count). The quantitative estimate of drug-likeness (QED) is 0.438. The minimum absolute atomic E-state index is 0.0926. The van der Waals surface area contributed by atoms with E-state index in [1.54, 1.807) is 43.4 Å². The summed E-state index contributed by atoms with van der Waals surface area (Å²) < 4.78 is 11.3. The minimum Gasteiger partial charge on any atom is -0.490 e. The maximum atomic E-state index is 12.2. The molecule has 2 amide bonds. The second kappa shape index (κ2) is 11.3. The highest BCUT2D eigenvalue weighted by Gasteiger charge is 2.06. The third kappa shape index (κ3) is 7.08. The van der Waals surface area contributed by atoms with Gasteiger partial charge < -0.3 is 25.4 Å². The number of ether oxygens (including phenoxy) is 2. The number of hydrogen-bond acceptors (Lipinski definition) is 5. The highest BCUT2D eigenvalue weighted by molar-refractivity contribution is 5.95. The van der Waals surface area contributed by atoms with Gasteiger partial charge in [0.2, 0.25) is 5.91 Å². The molecule has 0 spiro atoms. The van der Waals surface area contributed by atoms with Crippen LogP contribution in [-0.2, 0) is 4.79 Å². The van der Waals surface area contributed by atoms with Crippen molar-refractivity contribution in [2.24, 2.45) is 0 Å². The Kier molecular flexibility index (Phi) is 7.88. The zero-order valence-electron chi connectivity index (χ0n) is 17.3. The zero-order chi connectivity index (χ0) is 21.9. The van der Waals surface area contributed by atoms with Crippen molar-refractivity contribution in [3.05, 3.63) is 84.4 Å². The first-order valence-corrected chi connectivity index (χ1v) is 9.90. The number of benzene rings is 3. The Balaban J connectivity index is 1.42. The lowest BCUT2D eigenvalue weighted by Crippen LogP contribution is -2.22. The number of rotatable bonds is 10. The third-order valence-electron chi connectivity index (χ3n) is 4.31. The van der Waals surface area contributed by atoms with Gasteiger partial charge in [-0.25, -0.2) is 0 Å². The molecular formula is C24H25N3O4. The van der Waals surface area contributed by atoms with Gasteiger partial charge in [0.25, 0.3) is 5.91 Å². The molecule has 7 nitrogen and oxygen atoms in total. The highest BCUT2D eigenvalue weighted by Crippen LogP contribution is 2.18. The molecule has 0 bridgehead atoms. The van der Waals surface area contributed by atoms with Crippen LogP contribution in [0.4, 0.5) is 11.4 Å². The standard InChI is InChI=1S/C24H25N3O4/c1-25-24(29)18-10-12-19(13-11-18)26-17-23(28)27-20-6-5-9-22(16-20)31-15-14-30-21-7-3-2-4-8-21/h2-13,16,26H,14-15,17H2,1H3,(H,25,29)(H,27,28). The number of amides is 2. The molecule has 0 atom stereocenters. The van der Waals surface area contributed by atoms with Gasteiger partial charge in [-0.05, 0) is 48.5 Å². The van der Waals surface area contributed by atoms with Crippen molar-refractivity contribution < 1.29 is 19.1 Å². The molecule has 0 aliphatic carbocycles. The highest BCUT2D eigenvalue weighted by atomic mass is 16.5. The number of nitrogens with one attached hydrogen (secondary N) is 3. The lowest BCUT2D eigenvalue weighted by molar-refractivity contribution is -0.114. The number of hydrogen-bond donors (Lipinski definition) is 3. The van der Waals surface area contributed by atoms with Gasteiger partial charge in [-0.1, -0.05) is 24.3 Å². The summed E-state index contributed by atoms with van der Waals surface area (Å²) in [5.41, 5.74) is 1.95. The molecule has 160 valence electrons. The molecule has 7 heteroatoms. The Labute approximate surface area is 181 Å². The first-order valence-electron chi connectivity index (χ1n) is 9.90. The number of carbonyl (C=O) groups excluding carboxylic acids is 2. The van der Waals surface area contributed by atoms with Gasteiger partial charge in [0.15, 0.2) is 0 Å². The molecule has 0 unspecified atom stereocenters. The summed E-state index contributed by atoms with van der Waals surface area (Å²) in [5.74, 6) is 1.09. The number of para-hydroxylation sites is 1. The van der Waals surface area contributed by atoms with E-state index in [-0.39, 0.29) is 18.4 Å². The van der Waals surface area contributed by atoms with Crippen molar-refractivity contribution in [3.63, 3.8) is 0 Å². The number of anilines is 2. The van der Waals surface area contributed by atoms with Crippen LogP contribution in [0.15, 0.2) is 78.9 Å². The van der Waals surface area contributed by atoms with E-state index < -0.39 is 0 Å². The van der Waals surface area contributed by atoms with Crippen molar-refractivity contribution in [2.45, 2.75) is 0 Å². The van der Waals surface area contributed by atoms with Gasteiger partial charge >= 0.3 is 0 Å². The summed E-state index contributed by atoms with van der Waals surface area (Å²) in [7, 11) is 1.58. The fourth-order valence-electron chi connectivity index (χ4n) is 2.77. The molecule has 0 aliphatic heterocycles. The molecule has 3 N–H and O–H groups in total. The molecule has 0 radical (unpaired) electrons. The van der Waals surface area contributed by atoms with Crippen molar-refractivity contribution >= 4 is 23.2 Å². The molecule has 0 aliphatic rings. The Morgan fingerprint density at radius 2 is 1.45 bits per heavy atom. The SMILES string of the molecule is CNC(=O)c1ccc(NCC(=O)Nc2cccc(OCCOc3ccccc3)c2)cc1. The second-order valence-electron chi connectivity index (χ2n) is 6.60. The molecule has 3 aromatic rings. The van der Waals surface area contributed by atoms with Crippen LogP contribution >= 0.6 is 0 Å². The van der Waals surface area contributed by atoms with E-state index >= 15 is 0 Å². The second-order valence-corrected chi connectivity index (χ2v) is 6.60. The van der Waals surface area contributed by atoms with Crippen LogP contribution in [0, 0.1) is 0 Å². The van der Waals surface area contributed by atoms with Crippen LogP contribution in [0.3, 0.4) is 0 Å². The summed E-state index contributed by atoms with van der Waals surface area (Å²) in [6.45, 7) is 0.901. The van der Waals surface area contributed by atoms with Crippen LogP contribution in [0.2, 0.25) is 0 Å². The Bertz CT molecular complexity index is 991. The molecular weight excluding hydrogens is 394 g/mol. The molecule has 3 aromatic carbocycles. The fourth-order valence-corrected chi connectivity index (χ4v) is 2.77. The average molecular weight is 419 g/mol. The fraction of sp³-hybridized carbons (Fsp3) is 0.167. The predicted molar refractivity (Wildman–Crippen MR) is 121 cm³/mol. The topological polar surface area (TPSA) is 88.7 Å². The van der Waals surface area contributed by atoms with Crippen molar-refractivity contribution in [1.82, 2.24) is 5.32 Å². The van der Waals surface area contributed by atoms with Crippen LogP contribution in [0.5, 0.6) is 11.5 Å². The molecule has 31 heavy (non-hydrogen) atoms. The normalized spacial score (nSPS) is 10.1. The van der Waals surface area contributed by atoms with Crippen molar-refractivity contribution in [3.8, 4) is 11.5 Å². The van der Waals surface area contributed by atoms with E-state index in [4.69, 9.17) is 9.47 Å². The van der Waals surface area contributed by atoms with E-state index in [9.17, 15) is 9.59 Å². The third-order valence-corrected chi connectivity index (χ3v) is 4.31. The predicted octanol–water partition coefficient (Wildman–Crippen LogP) is 3.55. The van der Waals surface area contributed by atoms with E-state index in [1.165, 1.54) is 0 Å². The van der Waals surface area contributed by atoms with Crippen molar-refractivity contribution in [2.75, 3.05) is 37.4 Å². The molecule has 0 heterocycles. The Morgan fingerprint density at radius 3 is 2.16 bits per heavy atom. The van der Waals surface area contributed by atoms with E-state index in [0.29, 0.717) is 30.2 Å². The van der Waals surface area contributed by atoms with Gasteiger partial charge in [-0.15, -0.1) is 0 Å². The minimum atomic E-state index is -0.195. The largest absolute Gasteiger partial charge is 0.490 e. The van der Waals surface area contributed by atoms with Gasteiger partial charge in [0.05, 0.1) is 6.54 Å². The Hall–Kier alpha value is -4.00. The van der Waals surface area contributed by atoms with Gasteiger partial charge in [-0.2, -0.15) is 0 Å². The lowest BCUT2D eigenvalue weighted by atomic mass is 10.2. The summed E-state index contributed by atoms with van der Waals surface area (Å²) in [4.78, 5) is 23.8. The van der Waals surface area contributed by atoms with Gasteiger partial charge in [0, 0.05) is 30.1 Å². The molecule has 0 fully saturated rings. The van der Waals surface area contributed by atoms with E-state index in [1.807, 2.05) is 42.5 Å². The lowest BCUT2D eigenvalue weighted by Gasteiger charge is -2.11. The first kappa shape index (κ1) is 21.7. The summed E-state index contributed by atoms with van der Waals surface area (Å²) in [5, 5.41) is 8.43. The van der Waals surface area contributed by atoms with Crippen LogP contribution < -0.4 is 25.4 Å². The van der Waals surface area contributed by atoms with E-state index in [0.717, 1.165) is 11.4 Å². The van der Waals surface area contributed by atoms with Gasteiger partial charge in [-0.3, -0.25) is 9.59 Å². The molecule has 0 aromatic heterocycles. The van der Waals surface area contributed by atoms with Crippen LogP contribution in [0.1, 0.15) is 10.4 Å². The average Bonchev–Trinajstić information content (AvgIpc) is 2.81. The number of carbonyl (C=O) groups is 2. The van der Waals surface area contributed by atoms with Gasteiger partial charge in [0.1, 0.15) is 24.7 Å².